The normalized spacial score (nSPS) is 10.3. The number of rotatable bonds is 18. The van der Waals surface area contributed by atoms with E-state index >= 15 is 0 Å². The molecule has 0 aliphatic heterocycles. The van der Waals surface area contributed by atoms with Crippen molar-refractivity contribution in [2.24, 2.45) is 5.92 Å². The average Bonchev–Trinajstić information content (AvgIpc) is 2.97. The first-order valence-corrected chi connectivity index (χ1v) is 15.9. The summed E-state index contributed by atoms with van der Waals surface area (Å²) in [6, 6.07) is 11.7. The van der Waals surface area contributed by atoms with Gasteiger partial charge in [0.05, 0.1) is 13.2 Å². The van der Waals surface area contributed by atoms with E-state index in [-0.39, 0.29) is 5.82 Å². The summed E-state index contributed by atoms with van der Waals surface area (Å²) in [5, 5.41) is 0. The standard InChI is InChI=1S/C19H29FO2.C15H22O2.C2H6/c1-5-17(21)10-8-6-7-9-16-11-15(4)12-18(19(16)20)22-13-14(2)3;1-3-6-14(16)10-9-13-7-5-8-15(12-13)17-11-4-2;1-2/h11-12,14H,5-10,13H2,1-4H3;5,7-8,12H,3-4,6,9-11H2,1-2H3;1-2H3. The lowest BCUT2D eigenvalue weighted by molar-refractivity contribution is -0.119. The van der Waals surface area contributed by atoms with Gasteiger partial charge < -0.3 is 9.47 Å². The van der Waals surface area contributed by atoms with Gasteiger partial charge >= 0.3 is 0 Å². The molecular weight excluding hydrogens is 515 g/mol. The Labute approximate surface area is 250 Å². The van der Waals surface area contributed by atoms with E-state index in [1.165, 1.54) is 5.56 Å². The van der Waals surface area contributed by atoms with Crippen LogP contribution < -0.4 is 9.47 Å². The Hall–Kier alpha value is -2.69. The van der Waals surface area contributed by atoms with E-state index in [2.05, 4.69) is 13.0 Å². The van der Waals surface area contributed by atoms with Crippen LogP contribution in [0.25, 0.3) is 0 Å². The Morgan fingerprint density at radius 3 is 2.20 bits per heavy atom. The van der Waals surface area contributed by atoms with Crippen molar-refractivity contribution in [2.45, 2.75) is 126 Å². The molecule has 0 bridgehead atoms. The fourth-order valence-corrected chi connectivity index (χ4v) is 4.04. The number of hydrogen-bond donors (Lipinski definition) is 0. The number of halogens is 1. The van der Waals surface area contributed by atoms with Gasteiger partial charge in [-0.1, -0.05) is 73.1 Å². The smallest absolute Gasteiger partial charge is 0.168 e. The van der Waals surface area contributed by atoms with Crippen LogP contribution in [0.2, 0.25) is 0 Å². The first-order chi connectivity index (χ1) is 19.7. The molecule has 5 heteroatoms. The summed E-state index contributed by atoms with van der Waals surface area (Å²) in [6.07, 6.45) is 8.85. The molecule has 0 amide bonds. The van der Waals surface area contributed by atoms with Crippen LogP contribution in [0.4, 0.5) is 4.39 Å². The maximum atomic E-state index is 14.4. The molecule has 232 valence electrons. The van der Waals surface area contributed by atoms with E-state index in [9.17, 15) is 14.0 Å². The minimum atomic E-state index is -0.226. The first kappa shape index (κ1) is 38.3. The Kier molecular flexibility index (Phi) is 22.4. The van der Waals surface area contributed by atoms with Crippen molar-refractivity contribution in [1.29, 1.82) is 0 Å². The van der Waals surface area contributed by atoms with Gasteiger partial charge in [-0.25, -0.2) is 4.39 Å². The fraction of sp³-hybridized carbons (Fsp3) is 0.611. The molecule has 0 aromatic heterocycles. The second kappa shape index (κ2) is 24.0. The van der Waals surface area contributed by atoms with E-state index in [1.807, 2.05) is 72.7 Å². The molecule has 0 radical (unpaired) electrons. The Morgan fingerprint density at radius 2 is 1.56 bits per heavy atom. The predicted molar refractivity (Wildman–Crippen MR) is 171 cm³/mol. The van der Waals surface area contributed by atoms with Crippen LogP contribution >= 0.6 is 0 Å². The van der Waals surface area contributed by atoms with Gasteiger partial charge in [0.2, 0.25) is 0 Å². The predicted octanol–water partition coefficient (Wildman–Crippen LogP) is 10.1. The molecule has 0 spiro atoms. The molecule has 0 heterocycles. The third kappa shape index (κ3) is 18.4. The van der Waals surface area contributed by atoms with E-state index in [0.29, 0.717) is 61.9 Å². The molecule has 0 N–H and O–H groups in total. The van der Waals surface area contributed by atoms with Crippen LogP contribution in [0.5, 0.6) is 11.5 Å². The minimum absolute atomic E-state index is 0.226. The topological polar surface area (TPSA) is 52.6 Å². The van der Waals surface area contributed by atoms with Crippen LogP contribution in [0.1, 0.15) is 123 Å². The maximum Gasteiger partial charge on any atom is 0.168 e. The molecule has 0 aliphatic rings. The number of carbonyl (C=O) groups is 2. The van der Waals surface area contributed by atoms with Crippen molar-refractivity contribution in [3.8, 4) is 11.5 Å². The Bertz CT molecular complexity index is 984. The van der Waals surface area contributed by atoms with Crippen LogP contribution in [0.15, 0.2) is 36.4 Å². The number of carbonyl (C=O) groups excluding carboxylic acids is 2. The number of benzene rings is 2. The lowest BCUT2D eigenvalue weighted by Crippen LogP contribution is -2.07. The highest BCUT2D eigenvalue weighted by molar-refractivity contribution is 5.78. The van der Waals surface area contributed by atoms with Crippen molar-refractivity contribution < 1.29 is 23.5 Å². The van der Waals surface area contributed by atoms with Crippen LogP contribution in [-0.2, 0) is 22.4 Å². The van der Waals surface area contributed by atoms with Crippen molar-refractivity contribution in [1.82, 2.24) is 0 Å². The van der Waals surface area contributed by atoms with E-state index in [0.717, 1.165) is 62.0 Å². The molecule has 0 aliphatic carbocycles. The van der Waals surface area contributed by atoms with Gasteiger partial charge in [0.15, 0.2) is 11.6 Å². The number of ether oxygens (including phenoxy) is 2. The summed E-state index contributed by atoms with van der Waals surface area (Å²) in [4.78, 5) is 22.7. The summed E-state index contributed by atoms with van der Waals surface area (Å²) in [7, 11) is 0. The molecule has 0 saturated carbocycles. The number of ketones is 2. The Balaban J connectivity index is 0.000000757. The number of Topliss-reactive ketones (excluding diaryl/α,β-unsaturated/α-hetero) is 2. The summed E-state index contributed by atoms with van der Waals surface area (Å²) < 4.78 is 25.6. The highest BCUT2D eigenvalue weighted by Gasteiger charge is 2.11. The van der Waals surface area contributed by atoms with E-state index in [4.69, 9.17) is 9.47 Å². The molecule has 2 aromatic rings. The molecule has 0 saturated heterocycles. The highest BCUT2D eigenvalue weighted by atomic mass is 19.1. The van der Waals surface area contributed by atoms with Gasteiger partial charge in [-0.05, 0) is 86.3 Å². The summed E-state index contributed by atoms with van der Waals surface area (Å²) in [5.41, 5.74) is 2.93. The number of aryl methyl sites for hydroxylation is 3. The van der Waals surface area contributed by atoms with Gasteiger partial charge in [0.1, 0.15) is 17.3 Å². The van der Waals surface area contributed by atoms with Crippen LogP contribution in [0.3, 0.4) is 0 Å². The number of unbranched alkanes of at least 4 members (excludes halogenated alkanes) is 2. The SMILES string of the molecule is CC.CCC(=O)CCCCCc1cc(C)cc(OCC(C)C)c1F.CCCOc1cccc(CCC(=O)CCC)c1. The molecule has 0 atom stereocenters. The van der Waals surface area contributed by atoms with Crippen molar-refractivity contribution in [2.75, 3.05) is 13.2 Å². The maximum absolute atomic E-state index is 14.4. The molecule has 4 nitrogen and oxygen atoms in total. The molecule has 0 fully saturated rings. The van der Waals surface area contributed by atoms with Gasteiger partial charge in [-0.2, -0.15) is 0 Å². The second-order valence-corrected chi connectivity index (χ2v) is 10.7. The number of hydrogen-bond acceptors (Lipinski definition) is 4. The highest BCUT2D eigenvalue weighted by Crippen LogP contribution is 2.25. The lowest BCUT2D eigenvalue weighted by atomic mass is 10.0. The van der Waals surface area contributed by atoms with Crippen LogP contribution in [0, 0.1) is 18.7 Å². The van der Waals surface area contributed by atoms with Gasteiger partial charge in [-0.3, -0.25) is 9.59 Å². The summed E-state index contributed by atoms with van der Waals surface area (Å²) in [5.74, 6) is 2.09. The third-order valence-electron chi connectivity index (χ3n) is 6.22. The van der Waals surface area contributed by atoms with E-state index < -0.39 is 0 Å². The Morgan fingerprint density at radius 1 is 0.829 bits per heavy atom. The van der Waals surface area contributed by atoms with Gasteiger partial charge in [-0.15, -0.1) is 0 Å². The van der Waals surface area contributed by atoms with Crippen molar-refractivity contribution in [3.63, 3.8) is 0 Å². The van der Waals surface area contributed by atoms with Gasteiger partial charge in [0.25, 0.3) is 0 Å². The van der Waals surface area contributed by atoms with Crippen LogP contribution in [-0.4, -0.2) is 24.8 Å². The second-order valence-electron chi connectivity index (χ2n) is 10.7. The molecular formula is C36H57FO4. The molecule has 2 aromatic carbocycles. The zero-order chi connectivity index (χ0) is 31.0. The largest absolute Gasteiger partial charge is 0.494 e. The quantitative estimate of drug-likeness (QED) is 0.167. The summed E-state index contributed by atoms with van der Waals surface area (Å²) in [6.45, 7) is 17.4. The fourth-order valence-electron chi connectivity index (χ4n) is 4.04. The average molecular weight is 573 g/mol. The molecule has 2 rings (SSSR count). The zero-order valence-corrected chi connectivity index (χ0v) is 27.2. The van der Waals surface area contributed by atoms with E-state index in [1.54, 1.807) is 6.07 Å². The third-order valence-corrected chi connectivity index (χ3v) is 6.22. The zero-order valence-electron chi connectivity index (χ0n) is 27.2. The lowest BCUT2D eigenvalue weighted by Gasteiger charge is -2.13. The van der Waals surface area contributed by atoms with Crippen molar-refractivity contribution >= 4 is 11.6 Å². The minimum Gasteiger partial charge on any atom is -0.494 e. The molecule has 41 heavy (non-hydrogen) atoms. The first-order valence-electron chi connectivity index (χ1n) is 15.9. The monoisotopic (exact) mass is 572 g/mol. The van der Waals surface area contributed by atoms with Crippen molar-refractivity contribution in [3.05, 3.63) is 58.9 Å². The van der Waals surface area contributed by atoms with Gasteiger partial charge in [0, 0.05) is 25.7 Å². The molecule has 0 unspecified atom stereocenters. The summed E-state index contributed by atoms with van der Waals surface area (Å²) >= 11 is 0.